The van der Waals surface area contributed by atoms with Gasteiger partial charge in [0.15, 0.2) is 0 Å². The van der Waals surface area contributed by atoms with E-state index in [1.54, 1.807) is 0 Å². The van der Waals surface area contributed by atoms with Gasteiger partial charge in [-0.05, 0) is 54.4 Å². The number of hydrogen-bond acceptors (Lipinski definition) is 1. The molecule has 0 saturated carbocycles. The fourth-order valence-corrected chi connectivity index (χ4v) is 1.42. The number of halogens is 1. The molecule has 0 unspecified atom stereocenters. The maximum absolute atomic E-state index is 4.48. The Hall–Kier alpha value is -0.120. The molecule has 0 atom stereocenters. The third-order valence-corrected chi connectivity index (χ3v) is 3.22. The van der Waals surface area contributed by atoms with Gasteiger partial charge in [0.2, 0.25) is 0 Å². The first kappa shape index (κ1) is 13.9. The molecular weight excluding hydrogens is 285 g/mol. The van der Waals surface area contributed by atoms with Gasteiger partial charge >= 0.3 is 0 Å². The Morgan fingerprint density at radius 2 is 2.07 bits per heavy atom. The Bertz CT molecular complexity index is 239. The second kappa shape index (κ2) is 8.21. The Labute approximate surface area is 102 Å². The largest absolute Gasteiger partial charge is 0.260 e. The molecule has 0 N–H and O–H groups in total. The van der Waals surface area contributed by atoms with Crippen molar-refractivity contribution in [1.82, 2.24) is 0 Å². The minimum Gasteiger partial charge on any atom is -0.260 e. The molecule has 0 bridgehead atoms. The molecule has 0 fully saturated rings. The molecule has 1 nitrogen and oxygen atoms in total. The maximum Gasteiger partial charge on any atom is 0.0496 e. The standard InChI is InChI=1S/C12H20IN/c1-5-7-8-12(11(13)6-2)14-9-10(3)4/h9H,3,5-8H2,1-2,4H3/b12-11+,14-9?. The number of aliphatic imine (C=N–C) groups is 1. The third-order valence-electron chi connectivity index (χ3n) is 1.83. The topological polar surface area (TPSA) is 12.4 Å². The van der Waals surface area contributed by atoms with E-state index < -0.39 is 0 Å². The van der Waals surface area contributed by atoms with Crippen LogP contribution in [0.5, 0.6) is 0 Å². The fourth-order valence-electron chi connectivity index (χ4n) is 1.01. The third kappa shape index (κ3) is 6.35. The van der Waals surface area contributed by atoms with Crippen LogP contribution in [-0.4, -0.2) is 6.21 Å². The Balaban J connectivity index is 4.48. The first-order valence-corrected chi connectivity index (χ1v) is 6.26. The van der Waals surface area contributed by atoms with Gasteiger partial charge in [-0.2, -0.15) is 0 Å². The highest BCUT2D eigenvalue weighted by Crippen LogP contribution is 2.22. The second-order valence-corrected chi connectivity index (χ2v) is 4.72. The van der Waals surface area contributed by atoms with Gasteiger partial charge in [-0.15, -0.1) is 0 Å². The zero-order chi connectivity index (χ0) is 11.0. The Morgan fingerprint density at radius 3 is 2.50 bits per heavy atom. The molecule has 0 radical (unpaired) electrons. The number of rotatable bonds is 6. The predicted molar refractivity (Wildman–Crippen MR) is 74.2 cm³/mol. The Morgan fingerprint density at radius 1 is 1.43 bits per heavy atom. The lowest BCUT2D eigenvalue weighted by Crippen LogP contribution is -1.86. The summed E-state index contributed by atoms with van der Waals surface area (Å²) in [6.07, 6.45) is 6.47. The minimum absolute atomic E-state index is 1.01. The van der Waals surface area contributed by atoms with Crippen molar-refractivity contribution in [3.05, 3.63) is 21.4 Å². The van der Waals surface area contributed by atoms with Crippen LogP contribution in [0.15, 0.2) is 26.4 Å². The normalized spacial score (nSPS) is 13.1. The van der Waals surface area contributed by atoms with Crippen molar-refractivity contribution >= 4 is 28.8 Å². The predicted octanol–water partition coefficient (Wildman–Crippen LogP) is 4.88. The van der Waals surface area contributed by atoms with Crippen molar-refractivity contribution < 1.29 is 0 Å². The molecular formula is C12H20IN. The van der Waals surface area contributed by atoms with Crippen LogP contribution in [0, 0.1) is 0 Å². The average Bonchev–Trinajstić information content (AvgIpc) is 2.16. The lowest BCUT2D eigenvalue weighted by Gasteiger charge is -2.03. The van der Waals surface area contributed by atoms with Gasteiger partial charge in [0, 0.05) is 15.5 Å². The first-order valence-electron chi connectivity index (χ1n) is 5.18. The summed E-state index contributed by atoms with van der Waals surface area (Å²) in [6.45, 7) is 10.2. The molecule has 0 rings (SSSR count). The SMILES string of the molecule is C=C(C)C=N/C(CCCC)=C(/I)CC. The van der Waals surface area contributed by atoms with Crippen LogP contribution in [0.4, 0.5) is 0 Å². The minimum atomic E-state index is 1.01. The summed E-state index contributed by atoms with van der Waals surface area (Å²) in [4.78, 5) is 4.48. The van der Waals surface area contributed by atoms with E-state index in [1.165, 1.54) is 22.1 Å². The first-order chi connectivity index (χ1) is 6.61. The summed E-state index contributed by atoms with van der Waals surface area (Å²) in [6, 6.07) is 0. The number of unbranched alkanes of at least 4 members (excludes halogenated alkanes) is 1. The van der Waals surface area contributed by atoms with Gasteiger partial charge in [-0.25, -0.2) is 0 Å². The van der Waals surface area contributed by atoms with Crippen LogP contribution in [0.1, 0.15) is 46.5 Å². The van der Waals surface area contributed by atoms with Crippen LogP contribution in [0.3, 0.4) is 0 Å². The van der Waals surface area contributed by atoms with E-state index in [0.29, 0.717) is 0 Å². The smallest absolute Gasteiger partial charge is 0.0496 e. The Kier molecular flexibility index (Phi) is 8.14. The van der Waals surface area contributed by atoms with Crippen molar-refractivity contribution in [3.63, 3.8) is 0 Å². The number of allylic oxidation sites excluding steroid dienone is 3. The zero-order valence-corrected chi connectivity index (χ0v) is 11.6. The van der Waals surface area contributed by atoms with Crippen molar-refractivity contribution in [2.45, 2.75) is 46.5 Å². The molecule has 2 heteroatoms. The molecule has 80 valence electrons. The summed E-state index contributed by atoms with van der Waals surface area (Å²) in [7, 11) is 0. The number of nitrogens with zero attached hydrogens (tertiary/aromatic N) is 1. The molecule has 0 aliphatic rings. The molecule has 0 aromatic carbocycles. The molecule has 0 heterocycles. The van der Waals surface area contributed by atoms with Gasteiger partial charge < -0.3 is 0 Å². The summed E-state index contributed by atoms with van der Waals surface area (Å²) in [5, 5.41) is 0. The monoisotopic (exact) mass is 305 g/mol. The van der Waals surface area contributed by atoms with Crippen LogP contribution < -0.4 is 0 Å². The highest BCUT2D eigenvalue weighted by Gasteiger charge is 1.99. The highest BCUT2D eigenvalue weighted by molar-refractivity contribution is 14.1. The van der Waals surface area contributed by atoms with Crippen LogP contribution in [-0.2, 0) is 0 Å². The molecule has 0 aromatic rings. The summed E-state index contributed by atoms with van der Waals surface area (Å²) in [5.74, 6) is 0. The molecule has 0 aliphatic heterocycles. The van der Waals surface area contributed by atoms with Gasteiger partial charge in [0.25, 0.3) is 0 Å². The lowest BCUT2D eigenvalue weighted by molar-refractivity contribution is 0.777. The van der Waals surface area contributed by atoms with Crippen LogP contribution in [0.25, 0.3) is 0 Å². The van der Waals surface area contributed by atoms with Crippen molar-refractivity contribution in [2.24, 2.45) is 4.99 Å². The van der Waals surface area contributed by atoms with Gasteiger partial charge in [-0.1, -0.05) is 26.8 Å². The van der Waals surface area contributed by atoms with E-state index in [9.17, 15) is 0 Å². The average molecular weight is 305 g/mol. The molecule has 0 saturated heterocycles. The van der Waals surface area contributed by atoms with Crippen LogP contribution >= 0.6 is 22.6 Å². The highest BCUT2D eigenvalue weighted by atomic mass is 127. The van der Waals surface area contributed by atoms with Crippen molar-refractivity contribution in [2.75, 3.05) is 0 Å². The molecule has 0 aliphatic carbocycles. The fraction of sp³-hybridized carbons (Fsp3) is 0.583. The zero-order valence-electron chi connectivity index (χ0n) is 9.44. The van der Waals surface area contributed by atoms with Crippen LogP contribution in [0.2, 0.25) is 0 Å². The second-order valence-electron chi connectivity index (χ2n) is 3.41. The maximum atomic E-state index is 4.48. The quantitative estimate of drug-likeness (QED) is 0.490. The van der Waals surface area contributed by atoms with E-state index >= 15 is 0 Å². The van der Waals surface area contributed by atoms with E-state index in [2.05, 4.69) is 48.0 Å². The van der Waals surface area contributed by atoms with E-state index in [-0.39, 0.29) is 0 Å². The van der Waals surface area contributed by atoms with E-state index in [1.807, 2.05) is 13.1 Å². The molecule has 14 heavy (non-hydrogen) atoms. The summed E-state index contributed by atoms with van der Waals surface area (Å²) < 4.78 is 1.37. The van der Waals surface area contributed by atoms with E-state index in [0.717, 1.165) is 18.4 Å². The molecule has 0 spiro atoms. The molecule has 0 aromatic heterocycles. The summed E-state index contributed by atoms with van der Waals surface area (Å²) >= 11 is 2.39. The van der Waals surface area contributed by atoms with E-state index in [4.69, 9.17) is 0 Å². The van der Waals surface area contributed by atoms with Gasteiger partial charge in [0.05, 0.1) is 0 Å². The lowest BCUT2D eigenvalue weighted by atomic mass is 10.2. The van der Waals surface area contributed by atoms with Crippen molar-refractivity contribution in [3.8, 4) is 0 Å². The van der Waals surface area contributed by atoms with Gasteiger partial charge in [0.1, 0.15) is 0 Å². The van der Waals surface area contributed by atoms with Gasteiger partial charge in [-0.3, -0.25) is 4.99 Å². The molecule has 0 amide bonds. The summed E-state index contributed by atoms with van der Waals surface area (Å²) in [5.41, 5.74) is 2.25. The number of hydrogen-bond donors (Lipinski definition) is 0. The van der Waals surface area contributed by atoms with Crippen molar-refractivity contribution in [1.29, 1.82) is 0 Å².